The molecule has 2 rings (SSSR count). The third kappa shape index (κ3) is 3.72. The van der Waals surface area contributed by atoms with Crippen LogP contribution in [0.3, 0.4) is 0 Å². The summed E-state index contributed by atoms with van der Waals surface area (Å²) < 4.78 is 0. The Morgan fingerprint density at radius 1 is 1.40 bits per heavy atom. The van der Waals surface area contributed by atoms with Crippen LogP contribution in [0.4, 0.5) is 4.79 Å². The summed E-state index contributed by atoms with van der Waals surface area (Å²) in [6.07, 6.45) is 5.91. The number of carbonyl (C=O) groups is 2. The Morgan fingerprint density at radius 3 is 2.90 bits per heavy atom. The standard InChI is InChI=1S/C14H23N3O3/c1-2-6-17(10-13(18)19)14(20)15-11-5-8-16-7-3-4-12(16)9-11/h2,11-12H,1,3-10H2,(H,15,20)(H,18,19). The molecule has 0 spiro atoms. The van der Waals surface area contributed by atoms with E-state index in [1.54, 1.807) is 6.08 Å². The molecule has 6 nitrogen and oxygen atoms in total. The van der Waals surface area contributed by atoms with E-state index in [-0.39, 0.29) is 25.2 Å². The maximum atomic E-state index is 12.1. The van der Waals surface area contributed by atoms with Gasteiger partial charge in [-0.25, -0.2) is 4.79 Å². The van der Waals surface area contributed by atoms with Gasteiger partial charge in [-0.05, 0) is 32.2 Å². The molecule has 2 N–H and O–H groups in total. The van der Waals surface area contributed by atoms with Gasteiger partial charge in [0.2, 0.25) is 0 Å². The van der Waals surface area contributed by atoms with Crippen molar-refractivity contribution in [3.05, 3.63) is 12.7 Å². The number of urea groups is 1. The van der Waals surface area contributed by atoms with Crippen LogP contribution >= 0.6 is 0 Å². The summed E-state index contributed by atoms with van der Waals surface area (Å²) in [6.45, 7) is 5.72. The van der Waals surface area contributed by atoms with E-state index in [1.807, 2.05) is 0 Å². The Hall–Kier alpha value is -1.56. The van der Waals surface area contributed by atoms with Crippen molar-refractivity contribution >= 4 is 12.0 Å². The molecule has 0 radical (unpaired) electrons. The third-order valence-corrected chi connectivity index (χ3v) is 4.11. The first kappa shape index (κ1) is 14.8. The number of amides is 2. The van der Waals surface area contributed by atoms with Gasteiger partial charge in [-0.3, -0.25) is 4.79 Å². The minimum absolute atomic E-state index is 0.156. The third-order valence-electron chi connectivity index (χ3n) is 4.11. The van der Waals surface area contributed by atoms with E-state index >= 15 is 0 Å². The van der Waals surface area contributed by atoms with Crippen molar-refractivity contribution in [3.63, 3.8) is 0 Å². The van der Waals surface area contributed by atoms with Crippen LogP contribution in [0, 0.1) is 0 Å². The minimum Gasteiger partial charge on any atom is -0.480 e. The largest absolute Gasteiger partial charge is 0.480 e. The first-order valence-corrected chi connectivity index (χ1v) is 7.22. The lowest BCUT2D eigenvalue weighted by atomic mass is 9.98. The molecule has 2 atom stereocenters. The SMILES string of the molecule is C=CCN(CC(=O)O)C(=O)NC1CCN2CCCC2C1. The summed E-state index contributed by atoms with van der Waals surface area (Å²) in [5, 5.41) is 11.8. The Balaban J connectivity index is 1.85. The smallest absolute Gasteiger partial charge is 0.323 e. The van der Waals surface area contributed by atoms with Gasteiger partial charge < -0.3 is 20.2 Å². The monoisotopic (exact) mass is 281 g/mol. The Morgan fingerprint density at radius 2 is 2.20 bits per heavy atom. The minimum atomic E-state index is -1.01. The van der Waals surface area contributed by atoms with E-state index in [0.717, 1.165) is 19.4 Å². The van der Waals surface area contributed by atoms with Crippen LogP contribution in [0.2, 0.25) is 0 Å². The predicted molar refractivity (Wildman–Crippen MR) is 75.6 cm³/mol. The van der Waals surface area contributed by atoms with Crippen molar-refractivity contribution in [2.75, 3.05) is 26.2 Å². The van der Waals surface area contributed by atoms with Gasteiger partial charge in [0, 0.05) is 25.2 Å². The van der Waals surface area contributed by atoms with Gasteiger partial charge in [-0.2, -0.15) is 0 Å². The number of carbonyl (C=O) groups excluding carboxylic acids is 1. The zero-order valence-corrected chi connectivity index (χ0v) is 11.8. The van der Waals surface area contributed by atoms with Crippen LogP contribution in [0.1, 0.15) is 25.7 Å². The quantitative estimate of drug-likeness (QED) is 0.734. The summed E-state index contributed by atoms with van der Waals surface area (Å²) in [5.41, 5.74) is 0. The molecule has 6 heteroatoms. The highest BCUT2D eigenvalue weighted by molar-refractivity contribution is 5.80. The van der Waals surface area contributed by atoms with Gasteiger partial charge in [-0.15, -0.1) is 6.58 Å². The Labute approximate surface area is 119 Å². The molecule has 0 aromatic rings. The van der Waals surface area contributed by atoms with E-state index < -0.39 is 5.97 Å². The second-order valence-electron chi connectivity index (χ2n) is 5.57. The van der Waals surface area contributed by atoms with Gasteiger partial charge in [0.05, 0.1) is 0 Å². The number of piperidine rings is 1. The first-order chi connectivity index (χ1) is 9.60. The topological polar surface area (TPSA) is 72.9 Å². The molecule has 2 amide bonds. The molecule has 0 aromatic heterocycles. The van der Waals surface area contributed by atoms with Crippen LogP contribution in [0.5, 0.6) is 0 Å². The van der Waals surface area contributed by atoms with Gasteiger partial charge in [0.25, 0.3) is 0 Å². The van der Waals surface area contributed by atoms with Crippen molar-refractivity contribution in [3.8, 4) is 0 Å². The molecule has 0 bridgehead atoms. The number of rotatable bonds is 5. The zero-order chi connectivity index (χ0) is 14.5. The summed E-state index contributed by atoms with van der Waals surface area (Å²) in [4.78, 5) is 26.6. The lowest BCUT2D eigenvalue weighted by molar-refractivity contribution is -0.137. The normalized spacial score (nSPS) is 25.8. The number of nitrogens with zero attached hydrogens (tertiary/aromatic N) is 2. The summed E-state index contributed by atoms with van der Waals surface area (Å²) >= 11 is 0. The lowest BCUT2D eigenvalue weighted by Gasteiger charge is -2.36. The maximum absolute atomic E-state index is 12.1. The van der Waals surface area contributed by atoms with Gasteiger partial charge >= 0.3 is 12.0 Å². The molecule has 2 heterocycles. The molecule has 2 aliphatic heterocycles. The number of nitrogens with one attached hydrogen (secondary N) is 1. The summed E-state index contributed by atoms with van der Waals surface area (Å²) in [5.74, 6) is -1.01. The molecule has 2 aliphatic rings. The number of hydrogen-bond acceptors (Lipinski definition) is 3. The number of aliphatic carboxylic acids is 1. The van der Waals surface area contributed by atoms with Crippen LogP contribution < -0.4 is 5.32 Å². The molecule has 2 unspecified atom stereocenters. The van der Waals surface area contributed by atoms with Gasteiger partial charge in [-0.1, -0.05) is 6.08 Å². The molecule has 2 saturated heterocycles. The molecule has 0 aromatic carbocycles. The molecular weight excluding hydrogens is 258 g/mol. The van der Waals surface area contributed by atoms with Crippen molar-refractivity contribution in [2.45, 2.75) is 37.8 Å². The van der Waals surface area contributed by atoms with Gasteiger partial charge in [0.15, 0.2) is 0 Å². The van der Waals surface area contributed by atoms with Crippen molar-refractivity contribution in [1.29, 1.82) is 0 Å². The highest BCUT2D eigenvalue weighted by Gasteiger charge is 2.32. The Kier molecular flexibility index (Phi) is 5.00. The number of fused-ring (bicyclic) bond motifs is 1. The summed E-state index contributed by atoms with van der Waals surface area (Å²) in [6, 6.07) is 0.438. The fraction of sp³-hybridized carbons (Fsp3) is 0.714. The van der Waals surface area contributed by atoms with Gasteiger partial charge in [0.1, 0.15) is 6.54 Å². The molecule has 0 saturated carbocycles. The lowest BCUT2D eigenvalue weighted by Crippen LogP contribution is -2.51. The molecular formula is C14H23N3O3. The highest BCUT2D eigenvalue weighted by atomic mass is 16.4. The van der Waals surface area contributed by atoms with E-state index in [0.29, 0.717) is 6.04 Å². The Bertz CT molecular complexity index is 386. The van der Waals surface area contributed by atoms with Crippen LogP contribution in [-0.4, -0.2) is 65.2 Å². The van der Waals surface area contributed by atoms with E-state index in [4.69, 9.17) is 5.11 Å². The van der Waals surface area contributed by atoms with Crippen molar-refractivity contribution < 1.29 is 14.7 Å². The molecule has 112 valence electrons. The second-order valence-corrected chi connectivity index (χ2v) is 5.57. The van der Waals surface area contributed by atoms with Crippen LogP contribution in [0.15, 0.2) is 12.7 Å². The zero-order valence-electron chi connectivity index (χ0n) is 11.8. The highest BCUT2D eigenvalue weighted by Crippen LogP contribution is 2.26. The van der Waals surface area contributed by atoms with Crippen molar-refractivity contribution in [2.24, 2.45) is 0 Å². The second kappa shape index (κ2) is 6.74. The first-order valence-electron chi connectivity index (χ1n) is 7.22. The molecule has 2 fully saturated rings. The molecule has 20 heavy (non-hydrogen) atoms. The van der Waals surface area contributed by atoms with Crippen molar-refractivity contribution in [1.82, 2.24) is 15.1 Å². The number of carboxylic acids is 1. The van der Waals surface area contributed by atoms with Crippen LogP contribution in [-0.2, 0) is 4.79 Å². The number of hydrogen-bond donors (Lipinski definition) is 2. The van der Waals surface area contributed by atoms with E-state index in [9.17, 15) is 9.59 Å². The average Bonchev–Trinajstić information content (AvgIpc) is 2.85. The van der Waals surface area contributed by atoms with E-state index in [2.05, 4.69) is 16.8 Å². The fourth-order valence-corrected chi connectivity index (χ4v) is 3.16. The fourth-order valence-electron chi connectivity index (χ4n) is 3.16. The summed E-state index contributed by atoms with van der Waals surface area (Å²) in [7, 11) is 0. The maximum Gasteiger partial charge on any atom is 0.323 e. The van der Waals surface area contributed by atoms with E-state index in [1.165, 1.54) is 24.3 Å². The average molecular weight is 281 g/mol. The van der Waals surface area contributed by atoms with Crippen LogP contribution in [0.25, 0.3) is 0 Å². The predicted octanol–water partition coefficient (Wildman–Crippen LogP) is 0.895. The number of carboxylic acid groups (broad SMARTS) is 1. The molecule has 0 aliphatic carbocycles.